The predicted molar refractivity (Wildman–Crippen MR) is 128 cm³/mol. The van der Waals surface area contributed by atoms with E-state index in [9.17, 15) is 9.59 Å². The second-order valence-corrected chi connectivity index (χ2v) is 8.05. The monoisotopic (exact) mass is 462 g/mol. The molecule has 1 aliphatic rings. The van der Waals surface area contributed by atoms with E-state index < -0.39 is 0 Å². The minimum atomic E-state index is -0.234. The summed E-state index contributed by atoms with van der Waals surface area (Å²) < 4.78 is 10.7. The van der Waals surface area contributed by atoms with Crippen LogP contribution in [0.3, 0.4) is 0 Å². The van der Waals surface area contributed by atoms with E-state index in [4.69, 9.17) is 9.47 Å². The quantitative estimate of drug-likeness (QED) is 0.559. The number of pyridine rings is 1. The van der Waals surface area contributed by atoms with Crippen LogP contribution in [-0.2, 0) is 6.54 Å². The van der Waals surface area contributed by atoms with Gasteiger partial charge in [-0.2, -0.15) is 5.10 Å². The average Bonchev–Trinajstić information content (AvgIpc) is 2.86. The molecule has 4 rings (SSSR count). The fraction of sp³-hybridized carbons (Fsp3) is 0.167. The second kappa shape index (κ2) is 10.2. The van der Waals surface area contributed by atoms with Gasteiger partial charge in [0.05, 0.1) is 32.0 Å². The van der Waals surface area contributed by atoms with Crippen LogP contribution in [0, 0.1) is 0 Å². The van der Waals surface area contributed by atoms with Gasteiger partial charge in [0.1, 0.15) is 0 Å². The summed E-state index contributed by atoms with van der Waals surface area (Å²) in [4.78, 5) is 28.7. The molecule has 0 saturated heterocycles. The number of thioether (sulfide) groups is 1. The second-order valence-electron chi connectivity index (χ2n) is 7.12. The smallest absolute Gasteiger partial charge is 0.302 e. The molecule has 0 radical (unpaired) electrons. The minimum absolute atomic E-state index is 0.117. The predicted octanol–water partition coefficient (Wildman–Crippen LogP) is 4.42. The standard InChI is InChI=1S/C24H22N4O4S/c1-31-21-10-7-17(12-22(21)32-2)20-15-33-24(30)28(27-20)14-16-5-8-19(9-6-16)26-23(29)18-4-3-11-25-13-18/h3-13H,14-15H2,1-2H3,(H,26,29). The molecule has 0 unspecified atom stereocenters. The van der Waals surface area contributed by atoms with Gasteiger partial charge in [0, 0.05) is 29.4 Å². The minimum Gasteiger partial charge on any atom is -0.493 e. The molecule has 2 heterocycles. The molecule has 1 aliphatic heterocycles. The Labute approximate surface area is 195 Å². The molecular weight excluding hydrogens is 440 g/mol. The third kappa shape index (κ3) is 5.32. The summed E-state index contributed by atoms with van der Waals surface area (Å²) >= 11 is 1.20. The van der Waals surface area contributed by atoms with E-state index in [0.717, 1.165) is 16.8 Å². The topological polar surface area (TPSA) is 93.1 Å². The highest BCUT2D eigenvalue weighted by molar-refractivity contribution is 8.14. The number of anilines is 1. The van der Waals surface area contributed by atoms with Crippen LogP contribution in [0.1, 0.15) is 21.5 Å². The van der Waals surface area contributed by atoms with Crippen LogP contribution in [-0.4, -0.2) is 46.8 Å². The van der Waals surface area contributed by atoms with Crippen molar-refractivity contribution < 1.29 is 19.1 Å². The number of hydrogen-bond donors (Lipinski definition) is 1. The zero-order valence-corrected chi connectivity index (χ0v) is 19.0. The van der Waals surface area contributed by atoms with Gasteiger partial charge in [-0.1, -0.05) is 23.9 Å². The fourth-order valence-corrected chi connectivity index (χ4v) is 3.98. The molecule has 168 valence electrons. The van der Waals surface area contributed by atoms with E-state index in [1.165, 1.54) is 23.0 Å². The molecule has 3 aromatic rings. The van der Waals surface area contributed by atoms with Crippen molar-refractivity contribution in [2.24, 2.45) is 5.10 Å². The number of aromatic nitrogens is 1. The number of ether oxygens (including phenoxy) is 2. The van der Waals surface area contributed by atoms with Crippen molar-refractivity contribution in [1.29, 1.82) is 0 Å². The lowest BCUT2D eigenvalue weighted by atomic mass is 10.1. The van der Waals surface area contributed by atoms with Crippen LogP contribution in [0.15, 0.2) is 72.1 Å². The Morgan fingerprint density at radius 1 is 1.09 bits per heavy atom. The first kappa shape index (κ1) is 22.3. The molecule has 8 nitrogen and oxygen atoms in total. The molecule has 2 aromatic carbocycles. The third-order valence-corrected chi connectivity index (χ3v) is 5.84. The fourth-order valence-electron chi connectivity index (χ4n) is 3.24. The Morgan fingerprint density at radius 2 is 1.88 bits per heavy atom. The van der Waals surface area contributed by atoms with Gasteiger partial charge in [-0.3, -0.25) is 14.6 Å². The number of carbonyl (C=O) groups is 2. The first-order valence-corrected chi connectivity index (χ1v) is 11.1. The highest BCUT2D eigenvalue weighted by atomic mass is 32.2. The van der Waals surface area contributed by atoms with Gasteiger partial charge in [-0.25, -0.2) is 5.01 Å². The van der Waals surface area contributed by atoms with E-state index in [2.05, 4.69) is 15.4 Å². The van der Waals surface area contributed by atoms with Crippen molar-refractivity contribution in [3.05, 3.63) is 83.7 Å². The summed E-state index contributed by atoms with van der Waals surface area (Å²) in [5, 5.41) is 8.74. The number of hydrogen-bond acceptors (Lipinski definition) is 7. The Kier molecular flexibility index (Phi) is 6.89. The highest BCUT2D eigenvalue weighted by Crippen LogP contribution is 2.30. The molecule has 0 aliphatic carbocycles. The normalized spacial score (nSPS) is 13.3. The van der Waals surface area contributed by atoms with Gasteiger partial charge in [-0.15, -0.1) is 0 Å². The summed E-state index contributed by atoms with van der Waals surface area (Å²) in [5.41, 5.74) is 3.67. The number of nitrogens with one attached hydrogen (secondary N) is 1. The summed E-state index contributed by atoms with van der Waals surface area (Å²) in [6.45, 7) is 0.319. The number of amides is 2. The van der Waals surface area contributed by atoms with Gasteiger partial charge in [0.15, 0.2) is 11.5 Å². The molecule has 0 fully saturated rings. The molecule has 2 amide bonds. The summed E-state index contributed by atoms with van der Waals surface area (Å²) in [5.74, 6) is 1.48. The maximum atomic E-state index is 12.4. The Balaban J connectivity index is 1.46. The first-order chi connectivity index (χ1) is 16.1. The lowest BCUT2D eigenvalue weighted by molar-refractivity contribution is 0.102. The molecule has 0 atom stereocenters. The number of methoxy groups -OCH3 is 2. The maximum absolute atomic E-state index is 12.4. The zero-order chi connectivity index (χ0) is 23.2. The summed E-state index contributed by atoms with van der Waals surface area (Å²) in [7, 11) is 3.17. The molecule has 1 N–H and O–H groups in total. The van der Waals surface area contributed by atoms with Crippen LogP contribution >= 0.6 is 11.8 Å². The van der Waals surface area contributed by atoms with E-state index >= 15 is 0 Å². The number of hydrazone groups is 1. The van der Waals surface area contributed by atoms with Crippen molar-refractivity contribution in [2.75, 3.05) is 25.3 Å². The van der Waals surface area contributed by atoms with Gasteiger partial charge >= 0.3 is 5.24 Å². The first-order valence-electron chi connectivity index (χ1n) is 10.1. The van der Waals surface area contributed by atoms with Crippen molar-refractivity contribution in [3.8, 4) is 11.5 Å². The third-order valence-electron chi connectivity index (χ3n) is 4.97. The zero-order valence-electron chi connectivity index (χ0n) is 18.1. The van der Waals surface area contributed by atoms with Gasteiger partial charge in [-0.05, 0) is 48.0 Å². The Hall–Kier alpha value is -3.85. The van der Waals surface area contributed by atoms with Crippen LogP contribution in [0.2, 0.25) is 0 Å². The molecular formula is C24H22N4O4S. The van der Waals surface area contributed by atoms with Crippen molar-refractivity contribution >= 4 is 34.3 Å². The van der Waals surface area contributed by atoms with E-state index in [1.807, 2.05) is 30.3 Å². The average molecular weight is 463 g/mol. The van der Waals surface area contributed by atoms with E-state index in [1.54, 1.807) is 44.7 Å². The highest BCUT2D eigenvalue weighted by Gasteiger charge is 2.23. The molecule has 0 saturated carbocycles. The van der Waals surface area contributed by atoms with Crippen molar-refractivity contribution in [1.82, 2.24) is 9.99 Å². The summed E-state index contributed by atoms with van der Waals surface area (Å²) in [6, 6.07) is 16.3. The number of carbonyl (C=O) groups excluding carboxylic acids is 2. The van der Waals surface area contributed by atoms with Gasteiger partial charge < -0.3 is 14.8 Å². The SMILES string of the molecule is COc1ccc(C2=NN(Cc3ccc(NC(=O)c4cccnc4)cc3)C(=O)SC2)cc1OC. The molecule has 9 heteroatoms. The van der Waals surface area contributed by atoms with E-state index in [-0.39, 0.29) is 11.1 Å². The lowest BCUT2D eigenvalue weighted by Gasteiger charge is -2.23. The molecule has 33 heavy (non-hydrogen) atoms. The van der Waals surface area contributed by atoms with Crippen molar-refractivity contribution in [3.63, 3.8) is 0 Å². The number of nitrogens with zero attached hydrogens (tertiary/aromatic N) is 3. The van der Waals surface area contributed by atoms with Crippen molar-refractivity contribution in [2.45, 2.75) is 6.54 Å². The van der Waals surface area contributed by atoms with Gasteiger partial charge in [0.2, 0.25) is 0 Å². The Morgan fingerprint density at radius 3 is 2.58 bits per heavy atom. The number of rotatable bonds is 7. The number of benzene rings is 2. The molecule has 0 spiro atoms. The Bertz CT molecular complexity index is 1180. The van der Waals surface area contributed by atoms with Crippen LogP contribution in [0.25, 0.3) is 0 Å². The van der Waals surface area contributed by atoms with Gasteiger partial charge in [0.25, 0.3) is 5.91 Å². The molecule has 1 aromatic heterocycles. The largest absolute Gasteiger partial charge is 0.493 e. The van der Waals surface area contributed by atoms with Crippen LogP contribution < -0.4 is 14.8 Å². The maximum Gasteiger partial charge on any atom is 0.302 e. The van der Waals surface area contributed by atoms with Crippen LogP contribution in [0.5, 0.6) is 11.5 Å². The lowest BCUT2D eigenvalue weighted by Crippen LogP contribution is -2.29. The molecule has 0 bridgehead atoms. The van der Waals surface area contributed by atoms with E-state index in [0.29, 0.717) is 35.0 Å². The summed E-state index contributed by atoms with van der Waals surface area (Å²) in [6.07, 6.45) is 3.13. The van der Waals surface area contributed by atoms with Crippen LogP contribution in [0.4, 0.5) is 10.5 Å².